The van der Waals surface area contributed by atoms with Gasteiger partial charge in [-0.05, 0) is 74.9 Å². The van der Waals surface area contributed by atoms with E-state index in [0.717, 1.165) is 62.3 Å². The SMILES string of the molecule is COc1cc2c3c(c1OC)CCC3N(CCCCNS(=O)(=O)c1ccc(C)cc1)CC2. The highest BCUT2D eigenvalue weighted by Gasteiger charge is 2.36. The maximum atomic E-state index is 12.4. The summed E-state index contributed by atoms with van der Waals surface area (Å²) < 4.78 is 38.8. The standard InChI is InChI=1S/C24H32N2O4S/c1-17-6-8-19(9-7-17)31(27,28)25-13-4-5-14-26-15-12-18-16-22(29-2)24(30-3)20-10-11-21(26)23(18)20/h6-9,16,21,25H,4-5,10-15H2,1-3H3. The van der Waals surface area contributed by atoms with Gasteiger partial charge in [-0.25, -0.2) is 13.1 Å². The lowest BCUT2D eigenvalue weighted by Gasteiger charge is -2.35. The molecule has 0 aromatic heterocycles. The number of sulfonamides is 1. The van der Waals surface area contributed by atoms with Gasteiger partial charge in [0.2, 0.25) is 10.0 Å². The van der Waals surface area contributed by atoms with Crippen molar-refractivity contribution in [1.82, 2.24) is 9.62 Å². The van der Waals surface area contributed by atoms with Gasteiger partial charge in [-0.2, -0.15) is 0 Å². The lowest BCUT2D eigenvalue weighted by molar-refractivity contribution is 0.182. The monoisotopic (exact) mass is 444 g/mol. The highest BCUT2D eigenvalue weighted by Crippen LogP contribution is 2.48. The number of rotatable bonds is 9. The Morgan fingerprint density at radius 2 is 1.87 bits per heavy atom. The molecule has 0 amide bonds. The average Bonchev–Trinajstić information content (AvgIpc) is 3.21. The molecule has 7 heteroatoms. The van der Waals surface area contributed by atoms with Crippen LogP contribution < -0.4 is 14.2 Å². The molecule has 0 fully saturated rings. The smallest absolute Gasteiger partial charge is 0.240 e. The van der Waals surface area contributed by atoms with Gasteiger partial charge in [0.25, 0.3) is 0 Å². The van der Waals surface area contributed by atoms with Crippen molar-refractivity contribution < 1.29 is 17.9 Å². The molecule has 1 atom stereocenters. The van der Waals surface area contributed by atoms with E-state index in [0.29, 0.717) is 17.5 Å². The molecule has 168 valence electrons. The molecule has 1 unspecified atom stereocenters. The number of benzene rings is 2. The first-order valence-corrected chi connectivity index (χ1v) is 12.5. The van der Waals surface area contributed by atoms with E-state index < -0.39 is 10.0 Å². The number of unbranched alkanes of at least 4 members (excludes halogenated alkanes) is 1. The van der Waals surface area contributed by atoms with Crippen LogP contribution in [-0.4, -0.2) is 47.2 Å². The average molecular weight is 445 g/mol. The van der Waals surface area contributed by atoms with Crippen LogP contribution in [0, 0.1) is 6.92 Å². The molecule has 6 nitrogen and oxygen atoms in total. The van der Waals surface area contributed by atoms with Crippen molar-refractivity contribution in [2.24, 2.45) is 0 Å². The summed E-state index contributed by atoms with van der Waals surface area (Å²) in [5, 5.41) is 0. The Bertz CT molecular complexity index is 1030. The summed E-state index contributed by atoms with van der Waals surface area (Å²) >= 11 is 0. The summed E-state index contributed by atoms with van der Waals surface area (Å²) in [4.78, 5) is 2.88. The molecule has 0 spiro atoms. The van der Waals surface area contributed by atoms with Crippen LogP contribution in [-0.2, 0) is 22.9 Å². The largest absolute Gasteiger partial charge is 0.493 e. The second-order valence-electron chi connectivity index (χ2n) is 8.42. The Morgan fingerprint density at radius 1 is 1.10 bits per heavy atom. The van der Waals surface area contributed by atoms with Crippen molar-refractivity contribution in [3.05, 3.63) is 52.6 Å². The minimum atomic E-state index is -3.43. The van der Waals surface area contributed by atoms with Crippen LogP contribution in [0.1, 0.15) is 47.6 Å². The van der Waals surface area contributed by atoms with E-state index in [1.165, 1.54) is 16.7 Å². The highest BCUT2D eigenvalue weighted by atomic mass is 32.2. The van der Waals surface area contributed by atoms with Crippen molar-refractivity contribution in [2.45, 2.75) is 50.0 Å². The minimum Gasteiger partial charge on any atom is -0.493 e. The molecular formula is C24H32N2O4S. The van der Waals surface area contributed by atoms with E-state index in [1.54, 1.807) is 26.4 Å². The fourth-order valence-corrected chi connectivity index (χ4v) is 6.01. The van der Waals surface area contributed by atoms with Gasteiger partial charge in [-0.15, -0.1) is 0 Å². The molecule has 0 bridgehead atoms. The van der Waals surface area contributed by atoms with Gasteiger partial charge in [0.05, 0.1) is 19.1 Å². The normalized spacial score (nSPS) is 18.1. The Morgan fingerprint density at radius 3 is 2.58 bits per heavy atom. The molecule has 31 heavy (non-hydrogen) atoms. The van der Waals surface area contributed by atoms with Crippen molar-refractivity contribution in [1.29, 1.82) is 0 Å². The lowest BCUT2D eigenvalue weighted by atomic mass is 9.92. The second-order valence-corrected chi connectivity index (χ2v) is 10.2. The number of hydrogen-bond donors (Lipinski definition) is 1. The van der Waals surface area contributed by atoms with Gasteiger partial charge in [-0.3, -0.25) is 4.90 Å². The molecule has 2 aromatic carbocycles. The molecule has 1 heterocycles. The summed E-state index contributed by atoms with van der Waals surface area (Å²) in [6.07, 6.45) is 4.91. The van der Waals surface area contributed by atoms with Gasteiger partial charge >= 0.3 is 0 Å². The van der Waals surface area contributed by atoms with Gasteiger partial charge in [-0.1, -0.05) is 17.7 Å². The number of ether oxygens (including phenoxy) is 2. The summed E-state index contributed by atoms with van der Waals surface area (Å²) in [6.45, 7) is 4.41. The first kappa shape index (κ1) is 22.1. The van der Waals surface area contributed by atoms with E-state index in [4.69, 9.17) is 9.47 Å². The van der Waals surface area contributed by atoms with Crippen LogP contribution >= 0.6 is 0 Å². The molecule has 0 saturated heterocycles. The topological polar surface area (TPSA) is 67.9 Å². The summed E-state index contributed by atoms with van der Waals surface area (Å²) in [5.41, 5.74) is 5.17. The molecule has 1 N–H and O–H groups in total. The first-order valence-electron chi connectivity index (χ1n) is 11.0. The van der Waals surface area contributed by atoms with E-state index in [2.05, 4.69) is 15.7 Å². The predicted molar refractivity (Wildman–Crippen MR) is 121 cm³/mol. The molecule has 1 aliphatic carbocycles. The molecule has 0 radical (unpaired) electrons. The van der Waals surface area contributed by atoms with Crippen LogP contribution in [0.25, 0.3) is 0 Å². The highest BCUT2D eigenvalue weighted by molar-refractivity contribution is 7.89. The van der Waals surface area contributed by atoms with Crippen molar-refractivity contribution in [3.8, 4) is 11.5 Å². The van der Waals surface area contributed by atoms with E-state index in [9.17, 15) is 8.42 Å². The number of nitrogens with one attached hydrogen (secondary N) is 1. The molecule has 2 aliphatic rings. The summed E-state index contributed by atoms with van der Waals surface area (Å²) in [7, 11) is -0.0185. The maximum absolute atomic E-state index is 12.4. The van der Waals surface area contributed by atoms with Gasteiger partial charge in [0, 0.05) is 24.7 Å². The van der Waals surface area contributed by atoms with E-state index in [-0.39, 0.29) is 0 Å². The first-order chi connectivity index (χ1) is 14.9. The molecule has 1 aliphatic heterocycles. The summed E-state index contributed by atoms with van der Waals surface area (Å²) in [5.74, 6) is 1.72. The van der Waals surface area contributed by atoms with Gasteiger partial charge < -0.3 is 9.47 Å². The quantitative estimate of drug-likeness (QED) is 0.599. The number of methoxy groups -OCH3 is 2. The molecule has 4 rings (SSSR count). The van der Waals surface area contributed by atoms with Crippen LogP contribution in [0.5, 0.6) is 11.5 Å². The van der Waals surface area contributed by atoms with Crippen LogP contribution in [0.2, 0.25) is 0 Å². The minimum absolute atomic E-state index is 0.327. The lowest BCUT2D eigenvalue weighted by Crippen LogP contribution is -2.35. The molecule has 2 aromatic rings. The van der Waals surface area contributed by atoms with Crippen LogP contribution in [0.3, 0.4) is 0 Å². The third-order valence-corrected chi connectivity index (χ3v) is 7.98. The van der Waals surface area contributed by atoms with Crippen LogP contribution in [0.4, 0.5) is 0 Å². The van der Waals surface area contributed by atoms with Crippen molar-refractivity contribution in [3.63, 3.8) is 0 Å². The molecular weight excluding hydrogens is 412 g/mol. The van der Waals surface area contributed by atoms with Crippen molar-refractivity contribution in [2.75, 3.05) is 33.9 Å². The third kappa shape index (κ3) is 4.45. The Labute approximate surface area is 185 Å². The maximum Gasteiger partial charge on any atom is 0.240 e. The number of aryl methyl sites for hydroxylation is 1. The zero-order valence-corrected chi connectivity index (χ0v) is 19.4. The second kappa shape index (κ2) is 9.18. The zero-order chi connectivity index (χ0) is 22.0. The Balaban J connectivity index is 1.32. The van der Waals surface area contributed by atoms with E-state index >= 15 is 0 Å². The zero-order valence-electron chi connectivity index (χ0n) is 18.6. The Hall–Kier alpha value is -2.09. The van der Waals surface area contributed by atoms with Crippen molar-refractivity contribution >= 4 is 10.0 Å². The number of nitrogens with zero attached hydrogens (tertiary/aromatic N) is 1. The van der Waals surface area contributed by atoms with Gasteiger partial charge in [0.1, 0.15) is 0 Å². The van der Waals surface area contributed by atoms with Crippen LogP contribution in [0.15, 0.2) is 35.2 Å². The van der Waals surface area contributed by atoms with Gasteiger partial charge in [0.15, 0.2) is 11.5 Å². The molecule has 0 saturated carbocycles. The van der Waals surface area contributed by atoms with E-state index in [1.807, 2.05) is 19.1 Å². The Kier molecular flexibility index (Phi) is 6.55. The summed E-state index contributed by atoms with van der Waals surface area (Å²) in [6, 6.07) is 9.54. The fraction of sp³-hybridized carbons (Fsp3) is 0.500. The third-order valence-electron chi connectivity index (χ3n) is 6.50. The fourth-order valence-electron chi connectivity index (χ4n) is 4.94. The number of hydrogen-bond acceptors (Lipinski definition) is 5. The predicted octanol–water partition coefficient (Wildman–Crippen LogP) is 3.62.